The van der Waals surface area contributed by atoms with Crippen molar-refractivity contribution in [1.82, 2.24) is 4.98 Å². The van der Waals surface area contributed by atoms with Gasteiger partial charge in [0.2, 0.25) is 0 Å². The smallest absolute Gasteiger partial charge is 0.182 e. The molecule has 0 amide bonds. The number of benzene rings is 1. The van der Waals surface area contributed by atoms with Crippen LogP contribution in [0, 0.1) is 24.4 Å². The van der Waals surface area contributed by atoms with Crippen molar-refractivity contribution in [3.8, 4) is 0 Å². The molecular formula is C11H9F3N2S. The Bertz CT molecular complexity index is 540. The van der Waals surface area contributed by atoms with Crippen LogP contribution in [0.5, 0.6) is 0 Å². The molecule has 1 heterocycles. The molecule has 0 atom stereocenters. The predicted octanol–water partition coefficient (Wildman–Crippen LogP) is 3.48. The van der Waals surface area contributed by atoms with E-state index in [2.05, 4.69) is 10.3 Å². The zero-order chi connectivity index (χ0) is 12.4. The molecule has 2 aromatic rings. The molecule has 0 spiro atoms. The van der Waals surface area contributed by atoms with Crippen LogP contribution in [0.25, 0.3) is 0 Å². The maximum atomic E-state index is 13.3. The van der Waals surface area contributed by atoms with Crippen LogP contribution >= 0.6 is 11.3 Å². The summed E-state index contributed by atoms with van der Waals surface area (Å²) in [5.74, 6) is -3.11. The number of halogens is 3. The second-order valence-electron chi connectivity index (χ2n) is 3.49. The topological polar surface area (TPSA) is 24.9 Å². The zero-order valence-corrected chi connectivity index (χ0v) is 9.75. The van der Waals surface area contributed by atoms with E-state index >= 15 is 0 Å². The van der Waals surface area contributed by atoms with E-state index in [-0.39, 0.29) is 12.2 Å². The number of anilines is 1. The summed E-state index contributed by atoms with van der Waals surface area (Å²) in [5, 5.41) is 5.19. The maximum Gasteiger partial charge on any atom is 0.182 e. The van der Waals surface area contributed by atoms with E-state index in [1.807, 2.05) is 12.3 Å². The second-order valence-corrected chi connectivity index (χ2v) is 4.43. The Morgan fingerprint density at radius 2 is 2.06 bits per heavy atom. The molecule has 0 saturated carbocycles. The Morgan fingerprint density at radius 3 is 2.71 bits per heavy atom. The highest BCUT2D eigenvalue weighted by molar-refractivity contribution is 7.09. The quantitative estimate of drug-likeness (QED) is 0.852. The van der Waals surface area contributed by atoms with Crippen molar-refractivity contribution in [3.05, 3.63) is 45.7 Å². The third kappa shape index (κ3) is 2.76. The first-order valence-electron chi connectivity index (χ1n) is 4.85. The lowest BCUT2D eigenvalue weighted by atomic mass is 10.3. The highest BCUT2D eigenvalue weighted by Gasteiger charge is 2.11. The van der Waals surface area contributed by atoms with Gasteiger partial charge in [0.25, 0.3) is 0 Å². The fraction of sp³-hybridized carbons (Fsp3) is 0.182. The van der Waals surface area contributed by atoms with E-state index in [0.717, 1.165) is 16.8 Å². The SMILES string of the molecule is Cc1csc(CNc2cc(F)cc(F)c2F)n1. The van der Waals surface area contributed by atoms with Crippen LogP contribution < -0.4 is 5.32 Å². The van der Waals surface area contributed by atoms with Crippen LogP contribution in [0.15, 0.2) is 17.5 Å². The number of rotatable bonds is 3. The molecule has 6 heteroatoms. The van der Waals surface area contributed by atoms with Crippen molar-refractivity contribution in [2.75, 3.05) is 5.32 Å². The lowest BCUT2D eigenvalue weighted by Crippen LogP contribution is -2.03. The van der Waals surface area contributed by atoms with E-state index in [0.29, 0.717) is 6.07 Å². The van der Waals surface area contributed by atoms with E-state index < -0.39 is 17.5 Å². The van der Waals surface area contributed by atoms with Crippen molar-refractivity contribution < 1.29 is 13.2 Å². The molecule has 0 aliphatic rings. The largest absolute Gasteiger partial charge is 0.376 e. The van der Waals surface area contributed by atoms with Crippen LogP contribution in [0.3, 0.4) is 0 Å². The predicted molar refractivity (Wildman–Crippen MR) is 60.5 cm³/mol. The second kappa shape index (κ2) is 4.75. The van der Waals surface area contributed by atoms with Gasteiger partial charge in [-0.25, -0.2) is 18.2 Å². The Labute approximate surface area is 100 Å². The summed E-state index contributed by atoms with van der Waals surface area (Å²) in [6.07, 6.45) is 0. The van der Waals surface area contributed by atoms with Crippen molar-refractivity contribution >= 4 is 17.0 Å². The minimum Gasteiger partial charge on any atom is -0.376 e. The molecule has 2 rings (SSSR count). The van der Waals surface area contributed by atoms with E-state index in [9.17, 15) is 13.2 Å². The minimum absolute atomic E-state index is 0.199. The Hall–Kier alpha value is -1.56. The average Bonchev–Trinajstić information content (AvgIpc) is 2.67. The zero-order valence-electron chi connectivity index (χ0n) is 8.93. The number of aryl methyl sites for hydroxylation is 1. The molecule has 0 aliphatic carbocycles. The normalized spacial score (nSPS) is 10.6. The van der Waals surface area contributed by atoms with Crippen molar-refractivity contribution in [2.24, 2.45) is 0 Å². The van der Waals surface area contributed by atoms with Gasteiger partial charge in [-0.3, -0.25) is 0 Å². The summed E-state index contributed by atoms with van der Waals surface area (Å²) in [6, 6.07) is 1.42. The van der Waals surface area contributed by atoms with Gasteiger partial charge in [0.15, 0.2) is 11.6 Å². The highest BCUT2D eigenvalue weighted by atomic mass is 32.1. The molecule has 90 valence electrons. The van der Waals surface area contributed by atoms with Crippen molar-refractivity contribution in [1.29, 1.82) is 0 Å². The van der Waals surface area contributed by atoms with Gasteiger partial charge < -0.3 is 5.32 Å². The molecular weight excluding hydrogens is 249 g/mol. The van der Waals surface area contributed by atoms with Crippen LogP contribution in [0.2, 0.25) is 0 Å². The number of hydrogen-bond acceptors (Lipinski definition) is 3. The Balaban J connectivity index is 2.14. The summed E-state index contributed by atoms with van der Waals surface area (Å²) in [7, 11) is 0. The van der Waals surface area contributed by atoms with Crippen LogP contribution in [-0.4, -0.2) is 4.98 Å². The van der Waals surface area contributed by atoms with Gasteiger partial charge in [-0.05, 0) is 6.92 Å². The summed E-state index contributed by atoms with van der Waals surface area (Å²) in [4.78, 5) is 4.15. The molecule has 2 nitrogen and oxygen atoms in total. The summed E-state index contributed by atoms with van der Waals surface area (Å²) in [6.45, 7) is 2.07. The fourth-order valence-corrected chi connectivity index (χ4v) is 2.05. The standard InChI is InChI=1S/C11H9F3N2S/c1-6-5-17-10(16-6)4-15-9-3-7(12)2-8(13)11(9)14/h2-3,5,15H,4H2,1H3. The van der Waals surface area contributed by atoms with Gasteiger partial charge in [-0.1, -0.05) is 0 Å². The van der Waals surface area contributed by atoms with Gasteiger partial charge in [-0.15, -0.1) is 11.3 Å². The third-order valence-corrected chi connectivity index (χ3v) is 3.06. The molecule has 17 heavy (non-hydrogen) atoms. The Kier molecular flexibility index (Phi) is 3.33. The number of nitrogens with zero attached hydrogens (tertiary/aromatic N) is 1. The Morgan fingerprint density at radius 1 is 1.29 bits per heavy atom. The molecule has 1 N–H and O–H groups in total. The van der Waals surface area contributed by atoms with E-state index in [4.69, 9.17) is 0 Å². The van der Waals surface area contributed by atoms with Gasteiger partial charge in [0.1, 0.15) is 10.8 Å². The van der Waals surface area contributed by atoms with E-state index in [1.54, 1.807) is 0 Å². The first kappa shape index (κ1) is 11.9. The first-order chi connectivity index (χ1) is 8.06. The van der Waals surface area contributed by atoms with Gasteiger partial charge in [0.05, 0.1) is 12.2 Å². The monoisotopic (exact) mass is 258 g/mol. The molecule has 0 saturated heterocycles. The van der Waals surface area contributed by atoms with Crippen LogP contribution in [0.1, 0.15) is 10.7 Å². The number of aromatic nitrogens is 1. The molecule has 0 fully saturated rings. The van der Waals surface area contributed by atoms with Crippen molar-refractivity contribution in [2.45, 2.75) is 13.5 Å². The molecule has 1 aromatic carbocycles. The fourth-order valence-electron chi connectivity index (χ4n) is 1.34. The average molecular weight is 258 g/mol. The van der Waals surface area contributed by atoms with Gasteiger partial charge >= 0.3 is 0 Å². The molecule has 0 radical (unpaired) electrons. The molecule has 0 bridgehead atoms. The number of nitrogens with one attached hydrogen (secondary N) is 1. The van der Waals surface area contributed by atoms with E-state index in [1.165, 1.54) is 11.3 Å². The van der Waals surface area contributed by atoms with Crippen molar-refractivity contribution in [3.63, 3.8) is 0 Å². The number of hydrogen-bond donors (Lipinski definition) is 1. The van der Waals surface area contributed by atoms with Crippen LogP contribution in [0.4, 0.5) is 18.9 Å². The third-order valence-electron chi connectivity index (χ3n) is 2.09. The van der Waals surface area contributed by atoms with Crippen LogP contribution in [-0.2, 0) is 6.54 Å². The first-order valence-corrected chi connectivity index (χ1v) is 5.73. The molecule has 0 unspecified atom stereocenters. The molecule has 1 aromatic heterocycles. The highest BCUT2D eigenvalue weighted by Crippen LogP contribution is 2.20. The summed E-state index contributed by atoms with van der Waals surface area (Å²) >= 11 is 1.40. The number of thiazole rings is 1. The molecule has 0 aliphatic heterocycles. The van der Waals surface area contributed by atoms with Gasteiger partial charge in [-0.2, -0.15) is 0 Å². The minimum atomic E-state index is -1.21. The lowest BCUT2D eigenvalue weighted by Gasteiger charge is -2.06. The summed E-state index contributed by atoms with van der Waals surface area (Å²) in [5.41, 5.74) is 0.660. The lowest BCUT2D eigenvalue weighted by molar-refractivity contribution is 0.497. The summed E-state index contributed by atoms with van der Waals surface area (Å²) < 4.78 is 39.0. The maximum absolute atomic E-state index is 13.3. The van der Waals surface area contributed by atoms with Gasteiger partial charge in [0, 0.05) is 23.2 Å².